The van der Waals surface area contributed by atoms with Crippen molar-refractivity contribution in [3.8, 4) is 0 Å². The van der Waals surface area contributed by atoms with Crippen molar-refractivity contribution in [2.75, 3.05) is 18.4 Å². The normalized spacial score (nSPS) is 20.0. The Morgan fingerprint density at radius 3 is 3.06 bits per heavy atom. The molecule has 1 heterocycles. The van der Waals surface area contributed by atoms with Crippen LogP contribution in [-0.4, -0.2) is 19.0 Å². The second-order valence-corrected chi connectivity index (χ2v) is 4.47. The summed E-state index contributed by atoms with van der Waals surface area (Å²) in [6.45, 7) is 3.33. The van der Waals surface area contributed by atoms with Gasteiger partial charge in [-0.15, -0.1) is 0 Å². The van der Waals surface area contributed by atoms with Gasteiger partial charge in [-0.1, -0.05) is 12.1 Å². The molecule has 4 heteroatoms. The van der Waals surface area contributed by atoms with E-state index in [1.54, 1.807) is 25.1 Å². The summed E-state index contributed by atoms with van der Waals surface area (Å²) in [5, 5.41) is 5.84. The number of rotatable bonds is 2. The van der Waals surface area contributed by atoms with E-state index in [4.69, 9.17) is 0 Å². The maximum Gasteiger partial charge on any atom is 0.228 e. The van der Waals surface area contributed by atoms with Crippen molar-refractivity contribution in [1.82, 2.24) is 5.32 Å². The van der Waals surface area contributed by atoms with Crippen LogP contribution >= 0.6 is 0 Å². The number of piperidine rings is 1. The quantitative estimate of drug-likeness (QED) is 0.825. The van der Waals surface area contributed by atoms with Gasteiger partial charge < -0.3 is 10.6 Å². The van der Waals surface area contributed by atoms with Crippen LogP contribution in [0.2, 0.25) is 0 Å². The lowest BCUT2D eigenvalue weighted by atomic mass is 9.98. The first kappa shape index (κ1) is 12.0. The van der Waals surface area contributed by atoms with Gasteiger partial charge in [-0.3, -0.25) is 4.79 Å². The van der Waals surface area contributed by atoms with Gasteiger partial charge in [0.05, 0.1) is 11.6 Å². The van der Waals surface area contributed by atoms with Crippen molar-refractivity contribution >= 4 is 11.6 Å². The lowest BCUT2D eigenvalue weighted by molar-refractivity contribution is -0.120. The van der Waals surface area contributed by atoms with Crippen LogP contribution in [0.4, 0.5) is 10.1 Å². The fourth-order valence-electron chi connectivity index (χ4n) is 2.05. The average molecular weight is 236 g/mol. The Bertz CT molecular complexity index is 414. The first-order valence-corrected chi connectivity index (χ1v) is 5.95. The summed E-state index contributed by atoms with van der Waals surface area (Å²) in [4.78, 5) is 11.9. The third-order valence-corrected chi connectivity index (χ3v) is 3.12. The molecule has 0 radical (unpaired) electrons. The van der Waals surface area contributed by atoms with Crippen molar-refractivity contribution in [3.05, 3.63) is 29.6 Å². The number of anilines is 1. The van der Waals surface area contributed by atoms with E-state index in [1.807, 2.05) is 0 Å². The smallest absolute Gasteiger partial charge is 0.228 e. The molecular weight excluding hydrogens is 219 g/mol. The number of aryl methyl sites for hydroxylation is 1. The first-order valence-electron chi connectivity index (χ1n) is 5.95. The minimum absolute atomic E-state index is 0.0522. The number of benzene rings is 1. The molecule has 0 bridgehead atoms. The molecule has 2 N–H and O–H groups in total. The van der Waals surface area contributed by atoms with Crippen LogP contribution in [0.5, 0.6) is 0 Å². The molecule has 0 aromatic heterocycles. The molecule has 0 aliphatic carbocycles. The Hall–Kier alpha value is -1.42. The molecule has 1 saturated heterocycles. The topological polar surface area (TPSA) is 41.1 Å². The number of amides is 1. The highest BCUT2D eigenvalue weighted by molar-refractivity contribution is 5.93. The zero-order chi connectivity index (χ0) is 12.3. The van der Waals surface area contributed by atoms with E-state index in [9.17, 15) is 9.18 Å². The Kier molecular flexibility index (Phi) is 3.74. The molecule has 1 aromatic rings. The predicted molar refractivity (Wildman–Crippen MR) is 65.4 cm³/mol. The molecule has 1 amide bonds. The van der Waals surface area contributed by atoms with Crippen LogP contribution in [0.3, 0.4) is 0 Å². The van der Waals surface area contributed by atoms with E-state index < -0.39 is 0 Å². The molecular formula is C13H17FN2O. The van der Waals surface area contributed by atoms with E-state index in [1.165, 1.54) is 0 Å². The van der Waals surface area contributed by atoms with Gasteiger partial charge in [0.25, 0.3) is 0 Å². The molecule has 17 heavy (non-hydrogen) atoms. The molecule has 1 aliphatic rings. The highest BCUT2D eigenvalue weighted by atomic mass is 19.1. The molecule has 1 unspecified atom stereocenters. The Labute approximate surface area is 100 Å². The number of halogens is 1. The lowest BCUT2D eigenvalue weighted by Crippen LogP contribution is -2.37. The van der Waals surface area contributed by atoms with Crippen LogP contribution < -0.4 is 10.6 Å². The fraction of sp³-hybridized carbons (Fsp3) is 0.462. The van der Waals surface area contributed by atoms with Gasteiger partial charge in [0.15, 0.2) is 0 Å². The maximum atomic E-state index is 13.7. The molecule has 3 nitrogen and oxygen atoms in total. The van der Waals surface area contributed by atoms with E-state index in [0.29, 0.717) is 12.1 Å². The second kappa shape index (κ2) is 5.27. The molecule has 2 rings (SSSR count). The van der Waals surface area contributed by atoms with Gasteiger partial charge in [-0.2, -0.15) is 0 Å². The Morgan fingerprint density at radius 2 is 2.35 bits per heavy atom. The monoisotopic (exact) mass is 236 g/mol. The highest BCUT2D eigenvalue weighted by Gasteiger charge is 2.21. The van der Waals surface area contributed by atoms with Crippen LogP contribution in [0, 0.1) is 18.7 Å². The molecule has 1 aliphatic heterocycles. The zero-order valence-corrected chi connectivity index (χ0v) is 9.92. The molecule has 1 atom stereocenters. The average Bonchev–Trinajstić information content (AvgIpc) is 2.36. The number of carbonyl (C=O) groups excluding carboxylic acids is 1. The van der Waals surface area contributed by atoms with Crippen molar-refractivity contribution in [2.45, 2.75) is 19.8 Å². The number of nitrogens with one attached hydrogen (secondary N) is 2. The Morgan fingerprint density at radius 1 is 1.53 bits per heavy atom. The molecule has 0 spiro atoms. The minimum Gasteiger partial charge on any atom is -0.323 e. The SMILES string of the molecule is Cc1cccc(NC(=O)C2CCCNC2)c1F. The summed E-state index contributed by atoms with van der Waals surface area (Å²) >= 11 is 0. The number of hydrogen-bond acceptors (Lipinski definition) is 2. The van der Waals surface area contributed by atoms with Gasteiger partial charge in [-0.25, -0.2) is 4.39 Å². The summed E-state index contributed by atoms with van der Waals surface area (Å²) in [6.07, 6.45) is 1.86. The second-order valence-electron chi connectivity index (χ2n) is 4.47. The standard InChI is InChI=1S/C13H17FN2O/c1-9-4-2-6-11(12(9)14)16-13(17)10-5-3-7-15-8-10/h2,4,6,10,15H,3,5,7-8H2,1H3,(H,16,17). The van der Waals surface area contributed by atoms with E-state index in [2.05, 4.69) is 10.6 Å². The molecule has 92 valence electrons. The summed E-state index contributed by atoms with van der Waals surface area (Å²) in [7, 11) is 0. The van der Waals surface area contributed by atoms with Gasteiger partial charge in [0.1, 0.15) is 5.82 Å². The van der Waals surface area contributed by atoms with Crippen molar-refractivity contribution < 1.29 is 9.18 Å². The number of carbonyl (C=O) groups is 1. The summed E-state index contributed by atoms with van der Waals surface area (Å²) in [5.41, 5.74) is 0.824. The van der Waals surface area contributed by atoms with Crippen molar-refractivity contribution in [3.63, 3.8) is 0 Å². The maximum absolute atomic E-state index is 13.7. The largest absolute Gasteiger partial charge is 0.323 e. The van der Waals surface area contributed by atoms with Gasteiger partial charge >= 0.3 is 0 Å². The third-order valence-electron chi connectivity index (χ3n) is 3.12. The molecule has 1 aromatic carbocycles. The number of hydrogen-bond donors (Lipinski definition) is 2. The lowest BCUT2D eigenvalue weighted by Gasteiger charge is -2.22. The van der Waals surface area contributed by atoms with Gasteiger partial charge in [0, 0.05) is 6.54 Å². The van der Waals surface area contributed by atoms with Gasteiger partial charge in [0.2, 0.25) is 5.91 Å². The van der Waals surface area contributed by atoms with E-state index in [-0.39, 0.29) is 23.3 Å². The zero-order valence-electron chi connectivity index (χ0n) is 9.92. The predicted octanol–water partition coefficient (Wildman–Crippen LogP) is 2.07. The van der Waals surface area contributed by atoms with Crippen LogP contribution in [0.1, 0.15) is 18.4 Å². The molecule has 0 saturated carbocycles. The third kappa shape index (κ3) is 2.82. The highest BCUT2D eigenvalue weighted by Crippen LogP contribution is 2.19. The van der Waals surface area contributed by atoms with E-state index in [0.717, 1.165) is 19.4 Å². The minimum atomic E-state index is -0.343. The van der Waals surface area contributed by atoms with Gasteiger partial charge in [-0.05, 0) is 37.9 Å². The van der Waals surface area contributed by atoms with E-state index >= 15 is 0 Å². The van der Waals surface area contributed by atoms with Crippen molar-refractivity contribution in [1.29, 1.82) is 0 Å². The summed E-state index contributed by atoms with van der Waals surface area (Å²) in [5.74, 6) is -0.491. The first-order chi connectivity index (χ1) is 8.18. The summed E-state index contributed by atoms with van der Waals surface area (Å²) < 4.78 is 13.7. The van der Waals surface area contributed by atoms with Crippen LogP contribution in [-0.2, 0) is 4.79 Å². The van der Waals surface area contributed by atoms with Crippen LogP contribution in [0.15, 0.2) is 18.2 Å². The Balaban J connectivity index is 2.04. The molecule has 1 fully saturated rings. The fourth-order valence-corrected chi connectivity index (χ4v) is 2.05. The van der Waals surface area contributed by atoms with Crippen molar-refractivity contribution in [2.24, 2.45) is 5.92 Å². The van der Waals surface area contributed by atoms with Crippen LogP contribution in [0.25, 0.3) is 0 Å². The summed E-state index contributed by atoms with van der Waals surface area (Å²) in [6, 6.07) is 5.02.